The van der Waals surface area contributed by atoms with Crippen molar-refractivity contribution < 1.29 is 9.21 Å². The SMILES string of the molecule is CNCC1CCCN(Cc2cc(C)c(C(=O)NN)o2)C1. The van der Waals surface area contributed by atoms with Gasteiger partial charge in [0.05, 0.1) is 6.54 Å². The van der Waals surface area contributed by atoms with Crippen LogP contribution in [0, 0.1) is 12.8 Å². The van der Waals surface area contributed by atoms with E-state index in [9.17, 15) is 4.79 Å². The summed E-state index contributed by atoms with van der Waals surface area (Å²) in [6.07, 6.45) is 2.48. The van der Waals surface area contributed by atoms with Crippen LogP contribution < -0.4 is 16.6 Å². The Kier molecular flexibility index (Phi) is 5.17. The van der Waals surface area contributed by atoms with E-state index in [1.165, 1.54) is 12.8 Å². The monoisotopic (exact) mass is 280 g/mol. The first kappa shape index (κ1) is 15.0. The van der Waals surface area contributed by atoms with Gasteiger partial charge < -0.3 is 9.73 Å². The first-order valence-electron chi connectivity index (χ1n) is 7.11. The summed E-state index contributed by atoms with van der Waals surface area (Å²) in [6.45, 7) is 5.81. The van der Waals surface area contributed by atoms with Crippen molar-refractivity contribution in [1.82, 2.24) is 15.6 Å². The number of rotatable bonds is 5. The van der Waals surface area contributed by atoms with E-state index in [0.29, 0.717) is 11.7 Å². The highest BCUT2D eigenvalue weighted by molar-refractivity contribution is 5.92. The third-order valence-corrected chi connectivity index (χ3v) is 3.78. The van der Waals surface area contributed by atoms with Crippen molar-refractivity contribution in [3.05, 3.63) is 23.2 Å². The summed E-state index contributed by atoms with van der Waals surface area (Å²) in [7, 11) is 1.99. The average Bonchev–Trinajstić information content (AvgIpc) is 2.79. The van der Waals surface area contributed by atoms with Crippen LogP contribution in [0.5, 0.6) is 0 Å². The zero-order chi connectivity index (χ0) is 14.5. The Labute approximate surface area is 119 Å². The van der Waals surface area contributed by atoms with E-state index in [2.05, 4.69) is 15.6 Å². The molecule has 0 bridgehead atoms. The summed E-state index contributed by atoms with van der Waals surface area (Å²) in [5.41, 5.74) is 2.93. The number of nitrogen functional groups attached to an aromatic ring is 1. The first-order chi connectivity index (χ1) is 9.63. The van der Waals surface area contributed by atoms with Crippen LogP contribution in [-0.2, 0) is 6.54 Å². The zero-order valence-electron chi connectivity index (χ0n) is 12.2. The minimum Gasteiger partial charge on any atom is -0.454 e. The van der Waals surface area contributed by atoms with Gasteiger partial charge in [0.25, 0.3) is 0 Å². The molecule has 1 aliphatic heterocycles. The lowest BCUT2D eigenvalue weighted by Gasteiger charge is -2.31. The molecule has 1 saturated heterocycles. The van der Waals surface area contributed by atoms with E-state index in [-0.39, 0.29) is 5.91 Å². The van der Waals surface area contributed by atoms with Crippen molar-refractivity contribution in [2.24, 2.45) is 11.8 Å². The highest BCUT2D eigenvalue weighted by Crippen LogP contribution is 2.21. The van der Waals surface area contributed by atoms with Crippen LogP contribution in [0.2, 0.25) is 0 Å². The number of nitrogens with one attached hydrogen (secondary N) is 2. The maximum absolute atomic E-state index is 11.5. The molecule has 6 nitrogen and oxygen atoms in total. The number of nitrogens with zero attached hydrogens (tertiary/aromatic N) is 1. The molecule has 1 aromatic heterocycles. The van der Waals surface area contributed by atoms with Gasteiger partial charge in [-0.3, -0.25) is 15.1 Å². The number of hydrogen-bond acceptors (Lipinski definition) is 5. The molecule has 1 fully saturated rings. The first-order valence-corrected chi connectivity index (χ1v) is 7.11. The molecule has 1 aliphatic rings. The topological polar surface area (TPSA) is 83.5 Å². The van der Waals surface area contributed by atoms with Crippen LogP contribution in [0.25, 0.3) is 0 Å². The average molecular weight is 280 g/mol. The Bertz CT molecular complexity index is 456. The fourth-order valence-corrected chi connectivity index (χ4v) is 2.89. The molecular formula is C14H24N4O2. The number of aryl methyl sites for hydroxylation is 1. The molecule has 112 valence electrons. The summed E-state index contributed by atoms with van der Waals surface area (Å²) >= 11 is 0. The van der Waals surface area contributed by atoms with Crippen molar-refractivity contribution in [2.75, 3.05) is 26.7 Å². The van der Waals surface area contributed by atoms with E-state index in [0.717, 1.165) is 37.5 Å². The zero-order valence-corrected chi connectivity index (χ0v) is 12.2. The molecule has 2 heterocycles. The number of piperidine rings is 1. The van der Waals surface area contributed by atoms with Gasteiger partial charge in [0, 0.05) is 12.1 Å². The molecule has 2 rings (SSSR count). The molecular weight excluding hydrogens is 256 g/mol. The second-order valence-electron chi connectivity index (χ2n) is 5.50. The standard InChI is InChI=1S/C14H24N4O2/c1-10-6-12(20-13(10)14(19)17-15)9-18-5-3-4-11(8-18)7-16-2/h6,11,16H,3-5,7-9,15H2,1-2H3,(H,17,19). The number of likely N-dealkylation sites (tertiary alicyclic amines) is 1. The molecule has 20 heavy (non-hydrogen) atoms. The quantitative estimate of drug-likeness (QED) is 0.418. The Morgan fingerprint density at radius 3 is 3.10 bits per heavy atom. The number of hydrogen-bond donors (Lipinski definition) is 3. The van der Waals surface area contributed by atoms with Crippen LogP contribution >= 0.6 is 0 Å². The predicted octanol–water partition coefficient (Wildman–Crippen LogP) is 0.623. The van der Waals surface area contributed by atoms with Gasteiger partial charge in [-0.2, -0.15) is 0 Å². The molecule has 1 atom stereocenters. The number of carbonyl (C=O) groups is 1. The number of nitrogens with two attached hydrogens (primary N) is 1. The molecule has 6 heteroatoms. The lowest BCUT2D eigenvalue weighted by Crippen LogP contribution is -2.38. The second kappa shape index (κ2) is 6.88. The van der Waals surface area contributed by atoms with Gasteiger partial charge in [-0.25, -0.2) is 5.84 Å². The smallest absolute Gasteiger partial charge is 0.301 e. The Balaban J connectivity index is 1.97. The maximum Gasteiger partial charge on any atom is 0.301 e. The van der Waals surface area contributed by atoms with E-state index in [1.807, 2.05) is 20.0 Å². The fraction of sp³-hybridized carbons (Fsp3) is 0.643. The lowest BCUT2D eigenvalue weighted by molar-refractivity contribution is 0.0918. The number of carbonyl (C=O) groups excluding carboxylic acids is 1. The molecule has 0 radical (unpaired) electrons. The fourth-order valence-electron chi connectivity index (χ4n) is 2.89. The van der Waals surface area contributed by atoms with Crippen LogP contribution in [0.3, 0.4) is 0 Å². The van der Waals surface area contributed by atoms with Gasteiger partial charge in [-0.1, -0.05) is 0 Å². The summed E-state index contributed by atoms with van der Waals surface area (Å²) in [6, 6.07) is 1.92. The normalized spacial score (nSPS) is 20.1. The molecule has 0 aliphatic carbocycles. The Morgan fingerprint density at radius 2 is 2.40 bits per heavy atom. The molecule has 0 aromatic carbocycles. The van der Waals surface area contributed by atoms with E-state index in [4.69, 9.17) is 10.3 Å². The van der Waals surface area contributed by atoms with E-state index < -0.39 is 0 Å². The maximum atomic E-state index is 11.5. The van der Waals surface area contributed by atoms with Gasteiger partial charge in [0.1, 0.15) is 5.76 Å². The minimum atomic E-state index is -0.375. The van der Waals surface area contributed by atoms with Crippen LogP contribution in [0.15, 0.2) is 10.5 Å². The van der Waals surface area contributed by atoms with Crippen molar-refractivity contribution in [3.63, 3.8) is 0 Å². The Morgan fingerprint density at radius 1 is 1.60 bits per heavy atom. The molecule has 0 spiro atoms. The second-order valence-corrected chi connectivity index (χ2v) is 5.50. The molecule has 1 amide bonds. The van der Waals surface area contributed by atoms with Crippen LogP contribution in [0.4, 0.5) is 0 Å². The van der Waals surface area contributed by atoms with Crippen molar-refractivity contribution >= 4 is 5.91 Å². The Hall–Kier alpha value is -1.37. The minimum absolute atomic E-state index is 0.311. The molecule has 0 saturated carbocycles. The highest BCUT2D eigenvalue weighted by atomic mass is 16.4. The van der Waals surface area contributed by atoms with Gasteiger partial charge in [-0.15, -0.1) is 0 Å². The van der Waals surface area contributed by atoms with Gasteiger partial charge in [-0.05, 0) is 51.9 Å². The van der Waals surface area contributed by atoms with Crippen molar-refractivity contribution in [1.29, 1.82) is 0 Å². The van der Waals surface area contributed by atoms with Gasteiger partial charge >= 0.3 is 5.91 Å². The van der Waals surface area contributed by atoms with Crippen molar-refractivity contribution in [3.8, 4) is 0 Å². The summed E-state index contributed by atoms with van der Waals surface area (Å²) < 4.78 is 5.62. The predicted molar refractivity (Wildman–Crippen MR) is 77.0 cm³/mol. The summed E-state index contributed by atoms with van der Waals surface area (Å²) in [5.74, 6) is 6.59. The van der Waals surface area contributed by atoms with Gasteiger partial charge in [0.2, 0.25) is 0 Å². The third kappa shape index (κ3) is 3.59. The summed E-state index contributed by atoms with van der Waals surface area (Å²) in [4.78, 5) is 13.9. The lowest BCUT2D eigenvalue weighted by atomic mass is 9.98. The van der Waals surface area contributed by atoms with E-state index in [1.54, 1.807) is 0 Å². The van der Waals surface area contributed by atoms with E-state index >= 15 is 0 Å². The highest BCUT2D eigenvalue weighted by Gasteiger charge is 2.21. The molecule has 1 unspecified atom stereocenters. The molecule has 1 aromatic rings. The van der Waals surface area contributed by atoms with Crippen molar-refractivity contribution in [2.45, 2.75) is 26.3 Å². The number of furan rings is 1. The largest absolute Gasteiger partial charge is 0.454 e. The third-order valence-electron chi connectivity index (χ3n) is 3.78. The number of hydrazine groups is 1. The van der Waals surface area contributed by atoms with Crippen LogP contribution in [0.1, 0.15) is 34.7 Å². The molecule has 4 N–H and O–H groups in total. The van der Waals surface area contributed by atoms with Crippen LogP contribution in [-0.4, -0.2) is 37.5 Å². The summed E-state index contributed by atoms with van der Waals surface area (Å²) in [5, 5.41) is 3.24. The van der Waals surface area contributed by atoms with Gasteiger partial charge in [0.15, 0.2) is 5.76 Å². The number of amides is 1.